The average Bonchev–Trinajstić information content (AvgIpc) is 3.20. The Morgan fingerprint density at radius 2 is 1.72 bits per heavy atom. The number of benzene rings is 3. The highest BCUT2D eigenvalue weighted by Gasteiger charge is 2.27. The Kier molecular flexibility index (Phi) is 6.13. The van der Waals surface area contributed by atoms with Crippen LogP contribution in [-0.4, -0.2) is 5.78 Å². The van der Waals surface area contributed by atoms with Crippen molar-refractivity contribution in [1.82, 2.24) is 0 Å². The van der Waals surface area contributed by atoms with Gasteiger partial charge in [0.15, 0.2) is 0 Å². The quantitative estimate of drug-likeness (QED) is 0.414. The predicted molar refractivity (Wildman–Crippen MR) is 123 cm³/mol. The lowest BCUT2D eigenvalue weighted by molar-refractivity contribution is -0.116. The number of fused-ring (bicyclic) bond motifs is 1. The van der Waals surface area contributed by atoms with E-state index in [-0.39, 0.29) is 5.78 Å². The lowest BCUT2D eigenvalue weighted by Crippen LogP contribution is -2.03. The topological polar surface area (TPSA) is 17.1 Å². The maximum absolute atomic E-state index is 11.2. The zero-order chi connectivity index (χ0) is 20.2. The van der Waals surface area contributed by atoms with Gasteiger partial charge in [-0.05, 0) is 84.2 Å². The van der Waals surface area contributed by atoms with Gasteiger partial charge in [0.1, 0.15) is 5.78 Å². The Balaban J connectivity index is 1.38. The molecule has 3 aromatic carbocycles. The molecule has 3 aromatic rings. The van der Waals surface area contributed by atoms with Gasteiger partial charge in [0.25, 0.3) is 0 Å². The highest BCUT2D eigenvalue weighted by molar-refractivity contribution is 5.86. The standard InChI is InChI=1S/C28H32O/c1-20(27-9-5-7-25-6-3-4-8-28(25)27)18-23-14-17-26(19-23)24-15-12-22(13-16-24)11-10-21(2)29/h3-9,12-13,15-16,20,23,26H,10-11,14,17-19H2,1-2H3/t20-,23+,26+/m0/s1. The van der Waals surface area contributed by atoms with Gasteiger partial charge in [0.2, 0.25) is 0 Å². The van der Waals surface area contributed by atoms with Gasteiger partial charge in [0.05, 0.1) is 0 Å². The maximum atomic E-state index is 11.2. The monoisotopic (exact) mass is 384 g/mol. The summed E-state index contributed by atoms with van der Waals surface area (Å²) >= 11 is 0. The number of rotatable bonds is 7. The van der Waals surface area contributed by atoms with Crippen LogP contribution in [0.2, 0.25) is 0 Å². The molecule has 4 rings (SSSR count). The van der Waals surface area contributed by atoms with E-state index in [1.54, 1.807) is 6.92 Å². The average molecular weight is 385 g/mol. The highest BCUT2D eigenvalue weighted by atomic mass is 16.1. The van der Waals surface area contributed by atoms with E-state index >= 15 is 0 Å². The Hall–Kier alpha value is -2.41. The van der Waals surface area contributed by atoms with Crippen molar-refractivity contribution in [3.05, 3.63) is 83.4 Å². The van der Waals surface area contributed by atoms with Gasteiger partial charge in [0, 0.05) is 6.42 Å². The number of aryl methyl sites for hydroxylation is 1. The Morgan fingerprint density at radius 3 is 2.52 bits per heavy atom. The van der Waals surface area contributed by atoms with Crippen molar-refractivity contribution in [3.63, 3.8) is 0 Å². The second-order valence-electron chi connectivity index (χ2n) is 9.02. The molecule has 0 radical (unpaired) electrons. The molecule has 0 spiro atoms. The van der Waals surface area contributed by atoms with E-state index < -0.39 is 0 Å². The van der Waals surface area contributed by atoms with E-state index in [0.717, 1.165) is 12.3 Å². The molecule has 1 aliphatic carbocycles. The van der Waals surface area contributed by atoms with Crippen LogP contribution < -0.4 is 0 Å². The number of hydrogen-bond acceptors (Lipinski definition) is 1. The molecule has 1 aliphatic rings. The molecule has 0 N–H and O–H groups in total. The van der Waals surface area contributed by atoms with E-state index in [2.05, 4.69) is 73.7 Å². The molecule has 0 aromatic heterocycles. The van der Waals surface area contributed by atoms with Crippen molar-refractivity contribution in [1.29, 1.82) is 0 Å². The summed E-state index contributed by atoms with van der Waals surface area (Å²) in [4.78, 5) is 11.2. The van der Waals surface area contributed by atoms with Gasteiger partial charge in [-0.2, -0.15) is 0 Å². The third-order valence-corrected chi connectivity index (χ3v) is 6.80. The lowest BCUT2D eigenvalue weighted by Gasteiger charge is -2.19. The number of ketones is 1. The summed E-state index contributed by atoms with van der Waals surface area (Å²) in [6.07, 6.45) is 6.75. The van der Waals surface area contributed by atoms with Crippen LogP contribution in [-0.2, 0) is 11.2 Å². The second-order valence-corrected chi connectivity index (χ2v) is 9.02. The van der Waals surface area contributed by atoms with Crippen molar-refractivity contribution in [2.45, 2.75) is 64.2 Å². The van der Waals surface area contributed by atoms with Gasteiger partial charge in [-0.1, -0.05) is 73.7 Å². The summed E-state index contributed by atoms with van der Waals surface area (Å²) in [5.41, 5.74) is 4.27. The number of carbonyl (C=O) groups is 1. The van der Waals surface area contributed by atoms with Crippen LogP contribution in [0.3, 0.4) is 0 Å². The molecule has 29 heavy (non-hydrogen) atoms. The molecule has 3 atom stereocenters. The molecule has 150 valence electrons. The van der Waals surface area contributed by atoms with Gasteiger partial charge in [-0.15, -0.1) is 0 Å². The van der Waals surface area contributed by atoms with E-state index in [4.69, 9.17) is 0 Å². The summed E-state index contributed by atoms with van der Waals surface area (Å²) in [5.74, 6) is 2.37. The van der Waals surface area contributed by atoms with E-state index in [0.29, 0.717) is 18.3 Å². The third kappa shape index (κ3) is 4.78. The zero-order valence-electron chi connectivity index (χ0n) is 17.7. The second kappa shape index (κ2) is 8.95. The Morgan fingerprint density at radius 1 is 0.966 bits per heavy atom. The summed E-state index contributed by atoms with van der Waals surface area (Å²) in [7, 11) is 0. The molecule has 0 bridgehead atoms. The lowest BCUT2D eigenvalue weighted by atomic mass is 9.86. The van der Waals surface area contributed by atoms with Gasteiger partial charge < -0.3 is 4.79 Å². The van der Waals surface area contributed by atoms with Crippen molar-refractivity contribution in [3.8, 4) is 0 Å². The minimum Gasteiger partial charge on any atom is -0.300 e. The largest absolute Gasteiger partial charge is 0.300 e. The first-order valence-corrected chi connectivity index (χ1v) is 11.2. The molecule has 0 unspecified atom stereocenters. The number of hydrogen-bond donors (Lipinski definition) is 0. The van der Waals surface area contributed by atoms with Crippen LogP contribution in [0.1, 0.15) is 74.5 Å². The molecular weight excluding hydrogens is 352 g/mol. The summed E-state index contributed by atoms with van der Waals surface area (Å²) < 4.78 is 0. The minimum atomic E-state index is 0.271. The molecule has 0 aliphatic heterocycles. The van der Waals surface area contributed by atoms with Crippen LogP contribution in [0, 0.1) is 5.92 Å². The Bertz CT molecular complexity index is 964. The van der Waals surface area contributed by atoms with E-state index in [9.17, 15) is 4.79 Å². The number of carbonyl (C=O) groups excluding carboxylic acids is 1. The molecule has 1 heteroatoms. The zero-order valence-corrected chi connectivity index (χ0v) is 17.7. The van der Waals surface area contributed by atoms with E-state index in [1.165, 1.54) is 53.1 Å². The van der Waals surface area contributed by atoms with Crippen LogP contribution >= 0.6 is 0 Å². The van der Waals surface area contributed by atoms with E-state index in [1.807, 2.05) is 0 Å². The van der Waals surface area contributed by atoms with Gasteiger partial charge >= 0.3 is 0 Å². The van der Waals surface area contributed by atoms with Crippen LogP contribution in [0.25, 0.3) is 10.8 Å². The fraction of sp³-hybridized carbons (Fsp3) is 0.393. The summed E-state index contributed by atoms with van der Waals surface area (Å²) in [6, 6.07) is 24.6. The molecule has 0 heterocycles. The van der Waals surface area contributed by atoms with Gasteiger partial charge in [-0.3, -0.25) is 0 Å². The molecular formula is C28H32O. The van der Waals surface area contributed by atoms with Crippen molar-refractivity contribution in [2.24, 2.45) is 5.92 Å². The summed E-state index contributed by atoms with van der Waals surface area (Å²) in [5, 5.41) is 2.77. The van der Waals surface area contributed by atoms with Gasteiger partial charge in [-0.25, -0.2) is 0 Å². The van der Waals surface area contributed by atoms with Crippen LogP contribution in [0.5, 0.6) is 0 Å². The first-order chi connectivity index (χ1) is 14.1. The summed E-state index contributed by atoms with van der Waals surface area (Å²) in [6.45, 7) is 4.07. The molecule has 0 saturated heterocycles. The van der Waals surface area contributed by atoms with Crippen LogP contribution in [0.15, 0.2) is 66.7 Å². The number of Topliss-reactive ketones (excluding diaryl/α,β-unsaturated/α-hetero) is 1. The Labute approximate surface area is 175 Å². The first-order valence-electron chi connectivity index (χ1n) is 11.2. The fourth-order valence-electron chi connectivity index (χ4n) is 5.18. The predicted octanol–water partition coefficient (Wildman–Crippen LogP) is 7.44. The fourth-order valence-corrected chi connectivity index (χ4v) is 5.18. The van der Waals surface area contributed by atoms with Crippen molar-refractivity contribution in [2.75, 3.05) is 0 Å². The third-order valence-electron chi connectivity index (χ3n) is 6.80. The molecule has 1 saturated carbocycles. The molecule has 1 fully saturated rings. The molecule has 0 amide bonds. The van der Waals surface area contributed by atoms with Crippen LogP contribution in [0.4, 0.5) is 0 Å². The molecule has 1 nitrogen and oxygen atoms in total. The normalized spacial score (nSPS) is 20.1. The highest BCUT2D eigenvalue weighted by Crippen LogP contribution is 2.43. The maximum Gasteiger partial charge on any atom is 0.130 e. The first kappa shape index (κ1) is 19.9. The SMILES string of the molecule is CC(=O)CCc1ccc([C@@H]2CC[C@H](C[C@H](C)c3cccc4ccccc34)C2)cc1. The van der Waals surface area contributed by atoms with Crippen molar-refractivity contribution >= 4 is 16.6 Å². The smallest absolute Gasteiger partial charge is 0.130 e. The minimum absolute atomic E-state index is 0.271. The van der Waals surface area contributed by atoms with Crippen molar-refractivity contribution < 1.29 is 4.79 Å².